The van der Waals surface area contributed by atoms with Gasteiger partial charge in [0.15, 0.2) is 0 Å². The maximum absolute atomic E-state index is 5.42. The summed E-state index contributed by atoms with van der Waals surface area (Å²) in [6.45, 7) is 0.858. The molecule has 0 fully saturated rings. The summed E-state index contributed by atoms with van der Waals surface area (Å²) < 4.78 is 6.55. The van der Waals surface area contributed by atoms with E-state index in [0.717, 1.165) is 30.3 Å². The summed E-state index contributed by atoms with van der Waals surface area (Å²) >= 11 is 3.51. The Morgan fingerprint density at radius 3 is 3.00 bits per heavy atom. The Kier molecular flexibility index (Phi) is 4.63. The van der Waals surface area contributed by atoms with Gasteiger partial charge in [0.2, 0.25) is 0 Å². The first kappa shape index (κ1) is 12.7. The molecule has 1 aromatic rings. The highest BCUT2D eigenvalue weighted by molar-refractivity contribution is 9.10. The minimum absolute atomic E-state index is 0.379. The highest BCUT2D eigenvalue weighted by Crippen LogP contribution is 2.20. The molecule has 0 amide bonds. The molecular weight excluding hydrogens is 278 g/mol. The predicted octanol–water partition coefficient (Wildman–Crippen LogP) is 3.27. The molecule has 0 saturated carbocycles. The average molecular weight is 296 g/mol. The van der Waals surface area contributed by atoms with Crippen molar-refractivity contribution in [1.29, 1.82) is 0 Å². The summed E-state index contributed by atoms with van der Waals surface area (Å²) in [7, 11) is 2.01. The number of benzene rings is 1. The fourth-order valence-electron chi connectivity index (χ4n) is 2.16. The van der Waals surface area contributed by atoms with Crippen molar-refractivity contribution in [3.05, 3.63) is 46.1 Å². The molecule has 2 rings (SSSR count). The van der Waals surface area contributed by atoms with Crippen molar-refractivity contribution in [2.45, 2.75) is 25.3 Å². The third-order valence-corrected chi connectivity index (χ3v) is 3.58. The number of hydrogen-bond acceptors (Lipinski definition) is 2. The number of nitrogens with one attached hydrogen (secondary N) is 1. The number of rotatable bonds is 4. The summed E-state index contributed by atoms with van der Waals surface area (Å²) in [5, 5.41) is 3.38. The van der Waals surface area contributed by atoms with Gasteiger partial charge in [0.25, 0.3) is 0 Å². The van der Waals surface area contributed by atoms with Gasteiger partial charge in [-0.1, -0.05) is 28.1 Å². The fraction of sp³-hybridized carbons (Fsp3) is 0.429. The number of halogens is 1. The minimum atomic E-state index is 0.379. The molecule has 1 aromatic carbocycles. The second-order valence-electron chi connectivity index (χ2n) is 4.34. The standard InChI is InChI=1S/C14H18BrNO/c1-16-14(12-5-3-7-17-10-12)9-11-4-2-6-13(15)8-11/h2,4,6,8,10,14,16H,3,5,7,9H2,1H3. The normalized spacial score (nSPS) is 17.2. The van der Waals surface area contributed by atoms with Crippen molar-refractivity contribution >= 4 is 15.9 Å². The predicted molar refractivity (Wildman–Crippen MR) is 74.0 cm³/mol. The summed E-state index contributed by atoms with van der Waals surface area (Å²) in [6, 6.07) is 8.86. The van der Waals surface area contributed by atoms with Gasteiger partial charge < -0.3 is 10.1 Å². The third kappa shape index (κ3) is 3.58. The van der Waals surface area contributed by atoms with Gasteiger partial charge in [0.1, 0.15) is 0 Å². The highest BCUT2D eigenvalue weighted by Gasteiger charge is 2.15. The number of ether oxygens (including phenoxy) is 1. The molecule has 0 aromatic heterocycles. The first-order chi connectivity index (χ1) is 8.29. The van der Waals surface area contributed by atoms with Crippen LogP contribution in [0.4, 0.5) is 0 Å². The molecule has 0 saturated heterocycles. The fourth-order valence-corrected chi connectivity index (χ4v) is 2.61. The van der Waals surface area contributed by atoms with Crippen LogP contribution in [0.3, 0.4) is 0 Å². The lowest BCUT2D eigenvalue weighted by atomic mass is 9.96. The molecule has 2 nitrogen and oxygen atoms in total. The van der Waals surface area contributed by atoms with E-state index in [-0.39, 0.29) is 0 Å². The molecule has 1 aliphatic rings. The van der Waals surface area contributed by atoms with E-state index in [1.807, 2.05) is 13.3 Å². The first-order valence-corrected chi connectivity index (χ1v) is 6.81. The van der Waals surface area contributed by atoms with Crippen LogP contribution in [-0.4, -0.2) is 19.7 Å². The molecular formula is C14H18BrNO. The van der Waals surface area contributed by atoms with E-state index in [4.69, 9.17) is 4.74 Å². The average Bonchev–Trinajstić information content (AvgIpc) is 2.37. The van der Waals surface area contributed by atoms with Gasteiger partial charge in [0.05, 0.1) is 12.9 Å². The van der Waals surface area contributed by atoms with Crippen LogP contribution in [0.1, 0.15) is 18.4 Å². The molecule has 0 spiro atoms. The Morgan fingerprint density at radius 2 is 2.35 bits per heavy atom. The van der Waals surface area contributed by atoms with Crippen molar-refractivity contribution < 1.29 is 4.74 Å². The molecule has 1 unspecified atom stereocenters. The zero-order valence-corrected chi connectivity index (χ0v) is 11.7. The van der Waals surface area contributed by atoms with Crippen LogP contribution >= 0.6 is 15.9 Å². The molecule has 0 aliphatic carbocycles. The van der Waals surface area contributed by atoms with Gasteiger partial charge in [-0.3, -0.25) is 0 Å². The largest absolute Gasteiger partial charge is 0.501 e. The molecule has 1 N–H and O–H groups in total. The molecule has 0 radical (unpaired) electrons. The van der Waals surface area contributed by atoms with Crippen LogP contribution < -0.4 is 5.32 Å². The molecule has 3 heteroatoms. The van der Waals surface area contributed by atoms with Crippen molar-refractivity contribution in [2.24, 2.45) is 0 Å². The summed E-state index contributed by atoms with van der Waals surface area (Å²) in [5.74, 6) is 0. The maximum Gasteiger partial charge on any atom is 0.0876 e. The maximum atomic E-state index is 5.42. The van der Waals surface area contributed by atoms with Gasteiger partial charge in [-0.25, -0.2) is 0 Å². The second kappa shape index (κ2) is 6.22. The summed E-state index contributed by atoms with van der Waals surface area (Å²) in [5.41, 5.74) is 2.71. The zero-order chi connectivity index (χ0) is 12.1. The molecule has 1 atom stereocenters. The van der Waals surface area contributed by atoms with Crippen LogP contribution in [0.5, 0.6) is 0 Å². The number of likely N-dealkylation sites (N-methyl/N-ethyl adjacent to an activating group) is 1. The number of hydrogen-bond donors (Lipinski definition) is 1. The molecule has 92 valence electrons. The molecule has 1 aliphatic heterocycles. The second-order valence-corrected chi connectivity index (χ2v) is 5.26. The summed E-state index contributed by atoms with van der Waals surface area (Å²) in [6.07, 6.45) is 5.20. The van der Waals surface area contributed by atoms with E-state index >= 15 is 0 Å². The SMILES string of the molecule is CNC(Cc1cccc(Br)c1)C1=COCCC1. The Hall–Kier alpha value is -0.800. The van der Waals surface area contributed by atoms with Crippen molar-refractivity contribution in [1.82, 2.24) is 5.32 Å². The minimum Gasteiger partial charge on any atom is -0.501 e. The van der Waals surface area contributed by atoms with Gasteiger partial charge in [-0.15, -0.1) is 0 Å². The van der Waals surface area contributed by atoms with Crippen molar-refractivity contribution in [3.8, 4) is 0 Å². The van der Waals surface area contributed by atoms with Crippen LogP contribution in [0, 0.1) is 0 Å². The van der Waals surface area contributed by atoms with Gasteiger partial charge >= 0.3 is 0 Å². The lowest BCUT2D eigenvalue weighted by Gasteiger charge is -2.23. The van der Waals surface area contributed by atoms with E-state index in [1.165, 1.54) is 11.1 Å². The highest BCUT2D eigenvalue weighted by atomic mass is 79.9. The Labute approximate surface area is 111 Å². The topological polar surface area (TPSA) is 21.3 Å². The van der Waals surface area contributed by atoms with E-state index < -0.39 is 0 Å². The Morgan fingerprint density at radius 1 is 1.47 bits per heavy atom. The molecule has 1 heterocycles. The third-order valence-electron chi connectivity index (χ3n) is 3.09. The van der Waals surface area contributed by atoms with Crippen molar-refractivity contribution in [2.75, 3.05) is 13.7 Å². The smallest absolute Gasteiger partial charge is 0.0876 e. The van der Waals surface area contributed by atoms with Gasteiger partial charge in [0, 0.05) is 10.5 Å². The Bertz CT molecular complexity index is 403. The van der Waals surface area contributed by atoms with Gasteiger partial charge in [-0.05, 0) is 49.6 Å². The lowest BCUT2D eigenvalue weighted by Crippen LogP contribution is -2.31. The Balaban J connectivity index is 2.06. The lowest BCUT2D eigenvalue weighted by molar-refractivity contribution is 0.219. The quantitative estimate of drug-likeness (QED) is 0.920. The monoisotopic (exact) mass is 295 g/mol. The van der Waals surface area contributed by atoms with Gasteiger partial charge in [-0.2, -0.15) is 0 Å². The summed E-state index contributed by atoms with van der Waals surface area (Å²) in [4.78, 5) is 0. The van der Waals surface area contributed by atoms with E-state index in [0.29, 0.717) is 6.04 Å². The zero-order valence-electron chi connectivity index (χ0n) is 10.1. The molecule has 0 bridgehead atoms. The van der Waals surface area contributed by atoms with Crippen LogP contribution in [0.2, 0.25) is 0 Å². The van der Waals surface area contributed by atoms with Crippen molar-refractivity contribution in [3.63, 3.8) is 0 Å². The van der Waals surface area contributed by atoms with Crippen LogP contribution in [0.25, 0.3) is 0 Å². The van der Waals surface area contributed by atoms with E-state index in [9.17, 15) is 0 Å². The van der Waals surface area contributed by atoms with E-state index in [2.05, 4.69) is 45.5 Å². The van der Waals surface area contributed by atoms with Crippen LogP contribution in [-0.2, 0) is 11.2 Å². The van der Waals surface area contributed by atoms with Crippen LogP contribution in [0.15, 0.2) is 40.6 Å². The first-order valence-electron chi connectivity index (χ1n) is 6.02. The molecule has 17 heavy (non-hydrogen) atoms. The van der Waals surface area contributed by atoms with E-state index in [1.54, 1.807) is 0 Å².